The molecule has 24 heavy (non-hydrogen) atoms. The van der Waals surface area contributed by atoms with E-state index in [4.69, 9.17) is 0 Å². The van der Waals surface area contributed by atoms with E-state index in [0.717, 1.165) is 21.0 Å². The average molecular weight is 348 g/mol. The predicted octanol–water partition coefficient (Wildman–Crippen LogP) is 5.96. The Morgan fingerprint density at radius 1 is 0.958 bits per heavy atom. The minimum atomic E-state index is 0.920. The Kier molecular flexibility index (Phi) is 4.32. The second-order valence-corrected chi connectivity index (χ2v) is 7.64. The van der Waals surface area contributed by atoms with E-state index < -0.39 is 0 Å². The van der Waals surface area contributed by atoms with E-state index in [1.807, 2.05) is 6.07 Å². The van der Waals surface area contributed by atoms with Gasteiger partial charge in [-0.05, 0) is 24.1 Å². The van der Waals surface area contributed by atoms with E-state index in [0.29, 0.717) is 0 Å². The molecule has 0 aliphatic rings. The number of aryl methyl sites for hydroxylation is 1. The Balaban J connectivity index is 1.63. The summed E-state index contributed by atoms with van der Waals surface area (Å²) in [6.45, 7) is 2.11. The summed E-state index contributed by atoms with van der Waals surface area (Å²) in [5.41, 5.74) is 3.84. The molecule has 0 radical (unpaired) electrons. The van der Waals surface area contributed by atoms with Gasteiger partial charge in [-0.2, -0.15) is 0 Å². The average Bonchev–Trinajstić information content (AvgIpc) is 3.07. The lowest BCUT2D eigenvalue weighted by atomic mass is 10.2. The summed E-state index contributed by atoms with van der Waals surface area (Å²) >= 11 is 3.50. The first kappa shape index (κ1) is 15.4. The van der Waals surface area contributed by atoms with Gasteiger partial charge in [-0.15, -0.1) is 23.1 Å². The Morgan fingerprint density at radius 3 is 2.54 bits per heavy atom. The number of thiophene rings is 1. The third-order valence-corrected chi connectivity index (χ3v) is 6.02. The molecule has 2 nitrogen and oxygen atoms in total. The van der Waals surface area contributed by atoms with Crippen molar-refractivity contribution >= 4 is 33.3 Å². The lowest BCUT2D eigenvalue weighted by Crippen LogP contribution is -1.85. The number of hydrogen-bond donors (Lipinski definition) is 0. The van der Waals surface area contributed by atoms with Gasteiger partial charge in [0.1, 0.15) is 16.2 Å². The van der Waals surface area contributed by atoms with Gasteiger partial charge in [-0.1, -0.05) is 60.2 Å². The molecule has 4 aromatic rings. The van der Waals surface area contributed by atoms with Crippen LogP contribution in [0.4, 0.5) is 0 Å². The minimum absolute atomic E-state index is 0.920. The zero-order valence-electron chi connectivity index (χ0n) is 13.3. The number of nitrogens with zero attached hydrogens (tertiary/aromatic N) is 2. The second kappa shape index (κ2) is 6.75. The molecule has 4 rings (SSSR count). The Labute approximate surface area is 149 Å². The van der Waals surface area contributed by atoms with Crippen LogP contribution in [0.2, 0.25) is 0 Å². The van der Waals surface area contributed by atoms with E-state index >= 15 is 0 Å². The van der Waals surface area contributed by atoms with Crippen LogP contribution in [0.1, 0.15) is 11.1 Å². The molecule has 4 heteroatoms. The van der Waals surface area contributed by atoms with Crippen molar-refractivity contribution in [1.29, 1.82) is 0 Å². The number of aromatic nitrogens is 2. The van der Waals surface area contributed by atoms with Crippen LogP contribution in [0.15, 0.2) is 72.0 Å². The first-order valence-electron chi connectivity index (χ1n) is 7.78. The SMILES string of the molecule is Cc1ccc(CSc2ncnc3sc(-c4ccccc4)cc23)cc1. The Morgan fingerprint density at radius 2 is 1.75 bits per heavy atom. The predicted molar refractivity (Wildman–Crippen MR) is 104 cm³/mol. The van der Waals surface area contributed by atoms with E-state index in [-0.39, 0.29) is 0 Å². The Bertz CT molecular complexity index is 960. The molecule has 0 aliphatic heterocycles. The van der Waals surface area contributed by atoms with E-state index in [9.17, 15) is 0 Å². The van der Waals surface area contributed by atoms with Crippen LogP contribution < -0.4 is 0 Å². The lowest BCUT2D eigenvalue weighted by molar-refractivity contribution is 1.11. The van der Waals surface area contributed by atoms with Gasteiger partial charge in [0, 0.05) is 16.0 Å². The van der Waals surface area contributed by atoms with Crippen LogP contribution in [-0.2, 0) is 5.75 Å². The van der Waals surface area contributed by atoms with Crippen molar-refractivity contribution in [3.8, 4) is 10.4 Å². The molecule has 0 spiro atoms. The number of fused-ring (bicyclic) bond motifs is 1. The second-order valence-electron chi connectivity index (χ2n) is 5.65. The first-order chi connectivity index (χ1) is 11.8. The van der Waals surface area contributed by atoms with Crippen molar-refractivity contribution in [3.05, 3.63) is 78.1 Å². The van der Waals surface area contributed by atoms with Gasteiger partial charge < -0.3 is 0 Å². The minimum Gasteiger partial charge on any atom is -0.229 e. The zero-order chi connectivity index (χ0) is 16.4. The molecule has 0 aliphatic carbocycles. The highest BCUT2D eigenvalue weighted by molar-refractivity contribution is 7.98. The maximum absolute atomic E-state index is 4.51. The third-order valence-electron chi connectivity index (χ3n) is 3.85. The summed E-state index contributed by atoms with van der Waals surface area (Å²) in [6.07, 6.45) is 1.67. The van der Waals surface area contributed by atoms with E-state index in [1.54, 1.807) is 29.4 Å². The molecule has 2 aromatic heterocycles. The van der Waals surface area contributed by atoms with Crippen LogP contribution in [0.3, 0.4) is 0 Å². The molecule has 2 aromatic carbocycles. The fourth-order valence-corrected chi connectivity index (χ4v) is 4.53. The third kappa shape index (κ3) is 3.21. The van der Waals surface area contributed by atoms with Gasteiger partial charge in [-0.3, -0.25) is 0 Å². The quantitative estimate of drug-likeness (QED) is 0.336. The maximum Gasteiger partial charge on any atom is 0.128 e. The van der Waals surface area contributed by atoms with Gasteiger partial charge in [0.25, 0.3) is 0 Å². The van der Waals surface area contributed by atoms with Crippen LogP contribution >= 0.6 is 23.1 Å². The molecule has 0 saturated carbocycles. The van der Waals surface area contributed by atoms with Gasteiger partial charge >= 0.3 is 0 Å². The molecule has 0 fully saturated rings. The standard InChI is InChI=1S/C20H16N2S2/c1-14-7-9-15(10-8-14)12-23-19-17-11-18(16-5-3-2-4-6-16)24-20(17)22-13-21-19/h2-11,13H,12H2,1H3. The van der Waals surface area contributed by atoms with E-state index in [1.165, 1.54) is 21.6 Å². The molecular weight excluding hydrogens is 332 g/mol. The molecule has 0 atom stereocenters. The van der Waals surface area contributed by atoms with Crippen molar-refractivity contribution in [2.45, 2.75) is 17.7 Å². The zero-order valence-corrected chi connectivity index (χ0v) is 14.9. The summed E-state index contributed by atoms with van der Waals surface area (Å²) in [5, 5.41) is 2.21. The highest BCUT2D eigenvalue weighted by Crippen LogP contribution is 2.36. The summed E-state index contributed by atoms with van der Waals surface area (Å²) in [6, 6.07) is 21.3. The fraction of sp³-hybridized carbons (Fsp3) is 0.100. The summed E-state index contributed by atoms with van der Waals surface area (Å²) in [4.78, 5) is 11.2. The van der Waals surface area contributed by atoms with Crippen molar-refractivity contribution in [2.75, 3.05) is 0 Å². The van der Waals surface area contributed by atoms with Crippen LogP contribution in [0.5, 0.6) is 0 Å². The van der Waals surface area contributed by atoms with Crippen molar-refractivity contribution in [3.63, 3.8) is 0 Å². The topological polar surface area (TPSA) is 25.8 Å². The van der Waals surface area contributed by atoms with Gasteiger partial charge in [0.15, 0.2) is 0 Å². The fourth-order valence-electron chi connectivity index (χ4n) is 2.53. The molecule has 2 heterocycles. The largest absolute Gasteiger partial charge is 0.229 e. The summed E-state index contributed by atoms with van der Waals surface area (Å²) < 4.78 is 0. The van der Waals surface area contributed by atoms with Gasteiger partial charge in [0.05, 0.1) is 0 Å². The monoisotopic (exact) mass is 348 g/mol. The molecule has 0 saturated heterocycles. The van der Waals surface area contributed by atoms with Crippen molar-refractivity contribution in [2.24, 2.45) is 0 Å². The summed E-state index contributed by atoms with van der Waals surface area (Å²) in [7, 11) is 0. The van der Waals surface area contributed by atoms with Crippen LogP contribution in [-0.4, -0.2) is 9.97 Å². The van der Waals surface area contributed by atoms with Crippen LogP contribution in [0, 0.1) is 6.92 Å². The number of thioether (sulfide) groups is 1. The maximum atomic E-state index is 4.51. The van der Waals surface area contributed by atoms with Crippen LogP contribution in [0.25, 0.3) is 20.7 Å². The number of hydrogen-bond acceptors (Lipinski definition) is 4. The smallest absolute Gasteiger partial charge is 0.128 e. The molecule has 0 bridgehead atoms. The highest BCUT2D eigenvalue weighted by atomic mass is 32.2. The molecule has 118 valence electrons. The van der Waals surface area contributed by atoms with Gasteiger partial charge in [0.2, 0.25) is 0 Å². The first-order valence-corrected chi connectivity index (χ1v) is 9.58. The van der Waals surface area contributed by atoms with Crippen molar-refractivity contribution in [1.82, 2.24) is 9.97 Å². The molecule has 0 N–H and O–H groups in total. The number of rotatable bonds is 4. The highest BCUT2D eigenvalue weighted by Gasteiger charge is 2.10. The number of benzene rings is 2. The van der Waals surface area contributed by atoms with Crippen molar-refractivity contribution < 1.29 is 0 Å². The molecule has 0 unspecified atom stereocenters. The summed E-state index contributed by atoms with van der Waals surface area (Å²) in [5.74, 6) is 0.920. The van der Waals surface area contributed by atoms with Gasteiger partial charge in [-0.25, -0.2) is 9.97 Å². The molecular formula is C20H16N2S2. The Hall–Kier alpha value is -2.17. The molecule has 0 amide bonds. The van der Waals surface area contributed by atoms with E-state index in [2.05, 4.69) is 71.5 Å². The lowest BCUT2D eigenvalue weighted by Gasteiger charge is -2.03. The normalized spacial score (nSPS) is 11.0.